The fourth-order valence-corrected chi connectivity index (χ4v) is 3.11. The molecule has 130 valence electrons. The number of nitrogens with zero attached hydrogens (tertiary/aromatic N) is 1. The highest BCUT2D eigenvalue weighted by Gasteiger charge is 2.21. The normalized spacial score (nSPS) is 15.3. The Kier molecular flexibility index (Phi) is 4.74. The first-order valence-electron chi connectivity index (χ1n) is 8.53. The molecule has 1 fully saturated rings. The molecule has 0 radical (unpaired) electrons. The summed E-state index contributed by atoms with van der Waals surface area (Å²) in [6, 6.07) is 13.0. The second-order valence-corrected chi connectivity index (χ2v) is 6.51. The van der Waals surface area contributed by atoms with Crippen molar-refractivity contribution in [3.63, 3.8) is 0 Å². The number of amides is 2. The number of hydrogen-bond acceptors (Lipinski definition) is 3. The Morgan fingerprint density at radius 3 is 2.56 bits per heavy atom. The summed E-state index contributed by atoms with van der Waals surface area (Å²) in [7, 11) is 0. The van der Waals surface area contributed by atoms with E-state index in [0.717, 1.165) is 29.8 Å². The molecule has 1 aliphatic rings. The third kappa shape index (κ3) is 3.65. The molecule has 0 bridgehead atoms. The summed E-state index contributed by atoms with van der Waals surface area (Å²) in [6.07, 6.45) is 1.53. The van der Waals surface area contributed by atoms with E-state index in [1.807, 2.05) is 49.1 Å². The van der Waals surface area contributed by atoms with Crippen LogP contribution in [0.15, 0.2) is 42.5 Å². The van der Waals surface area contributed by atoms with Gasteiger partial charge in [-0.2, -0.15) is 0 Å². The summed E-state index contributed by atoms with van der Waals surface area (Å²) < 4.78 is 0. The molecular weight excluding hydrogens is 314 g/mol. The number of hydrogen-bond donors (Lipinski definition) is 2. The Balaban J connectivity index is 1.70. The fourth-order valence-electron chi connectivity index (χ4n) is 3.11. The van der Waals surface area contributed by atoms with Crippen molar-refractivity contribution in [2.45, 2.75) is 32.7 Å². The van der Waals surface area contributed by atoms with Gasteiger partial charge < -0.3 is 16.0 Å². The van der Waals surface area contributed by atoms with Gasteiger partial charge in [-0.3, -0.25) is 9.59 Å². The van der Waals surface area contributed by atoms with Crippen molar-refractivity contribution in [1.82, 2.24) is 5.32 Å². The van der Waals surface area contributed by atoms with Crippen LogP contribution in [0.3, 0.4) is 0 Å². The predicted molar refractivity (Wildman–Crippen MR) is 99.5 cm³/mol. The van der Waals surface area contributed by atoms with Crippen molar-refractivity contribution in [2.24, 2.45) is 0 Å². The molecule has 2 aromatic carbocycles. The first-order valence-corrected chi connectivity index (χ1v) is 8.53. The second kappa shape index (κ2) is 6.97. The minimum absolute atomic E-state index is 0.142. The van der Waals surface area contributed by atoms with E-state index < -0.39 is 0 Å². The van der Waals surface area contributed by atoms with E-state index in [1.165, 1.54) is 0 Å². The van der Waals surface area contributed by atoms with Gasteiger partial charge in [-0.1, -0.05) is 18.2 Å². The standard InChI is InChI=1S/C20H23N3O2/c1-13-5-8-16(21)12-18(13)20(25)22-14(2)15-6-9-17(10-7-15)23-11-3-4-19(23)24/h5-10,12,14H,3-4,11,21H2,1-2H3,(H,22,25). The molecule has 1 saturated heterocycles. The highest BCUT2D eigenvalue weighted by Crippen LogP contribution is 2.24. The zero-order valence-corrected chi connectivity index (χ0v) is 14.6. The highest BCUT2D eigenvalue weighted by atomic mass is 16.2. The van der Waals surface area contributed by atoms with Gasteiger partial charge in [0.15, 0.2) is 0 Å². The van der Waals surface area contributed by atoms with Gasteiger partial charge in [-0.15, -0.1) is 0 Å². The van der Waals surface area contributed by atoms with Gasteiger partial charge in [0.25, 0.3) is 5.91 Å². The van der Waals surface area contributed by atoms with Crippen molar-refractivity contribution >= 4 is 23.2 Å². The van der Waals surface area contributed by atoms with E-state index in [9.17, 15) is 9.59 Å². The van der Waals surface area contributed by atoms with Gasteiger partial charge in [-0.25, -0.2) is 0 Å². The van der Waals surface area contributed by atoms with Gasteiger partial charge in [0.1, 0.15) is 0 Å². The smallest absolute Gasteiger partial charge is 0.252 e. The van der Waals surface area contributed by atoms with E-state index in [-0.39, 0.29) is 17.9 Å². The molecule has 1 heterocycles. The van der Waals surface area contributed by atoms with Crippen LogP contribution in [0, 0.1) is 6.92 Å². The monoisotopic (exact) mass is 337 g/mol. The average Bonchev–Trinajstić information content (AvgIpc) is 3.03. The van der Waals surface area contributed by atoms with Crippen LogP contribution in [-0.4, -0.2) is 18.4 Å². The molecule has 5 heteroatoms. The molecule has 1 aliphatic heterocycles. The number of carbonyl (C=O) groups is 2. The molecule has 3 rings (SSSR count). The van der Waals surface area contributed by atoms with Crippen molar-refractivity contribution in [1.29, 1.82) is 0 Å². The zero-order valence-electron chi connectivity index (χ0n) is 14.6. The third-order valence-corrected chi connectivity index (χ3v) is 4.63. The van der Waals surface area contributed by atoms with Crippen molar-refractivity contribution in [3.05, 3.63) is 59.2 Å². The summed E-state index contributed by atoms with van der Waals surface area (Å²) in [4.78, 5) is 26.1. The molecule has 2 aromatic rings. The highest BCUT2D eigenvalue weighted by molar-refractivity contribution is 5.97. The number of rotatable bonds is 4. The number of aryl methyl sites for hydroxylation is 1. The van der Waals surface area contributed by atoms with E-state index in [2.05, 4.69) is 5.32 Å². The first-order chi connectivity index (χ1) is 12.0. The van der Waals surface area contributed by atoms with Crippen LogP contribution in [0.5, 0.6) is 0 Å². The van der Waals surface area contributed by atoms with Crippen LogP contribution < -0.4 is 16.0 Å². The molecule has 0 aliphatic carbocycles. The number of nitrogens with one attached hydrogen (secondary N) is 1. The zero-order chi connectivity index (χ0) is 18.0. The Bertz CT molecular complexity index is 799. The molecule has 0 spiro atoms. The van der Waals surface area contributed by atoms with E-state index >= 15 is 0 Å². The molecule has 25 heavy (non-hydrogen) atoms. The largest absolute Gasteiger partial charge is 0.399 e. The van der Waals surface area contributed by atoms with Crippen LogP contribution in [-0.2, 0) is 4.79 Å². The quantitative estimate of drug-likeness (QED) is 0.841. The van der Waals surface area contributed by atoms with E-state index in [1.54, 1.807) is 12.1 Å². The minimum atomic E-state index is -0.143. The maximum absolute atomic E-state index is 12.5. The lowest BCUT2D eigenvalue weighted by atomic mass is 10.0. The maximum atomic E-state index is 12.5. The predicted octanol–water partition coefficient (Wildman–Crippen LogP) is 3.20. The topological polar surface area (TPSA) is 75.4 Å². The molecule has 0 saturated carbocycles. The number of anilines is 2. The van der Waals surface area contributed by atoms with Gasteiger partial charge >= 0.3 is 0 Å². The molecular formula is C20H23N3O2. The first kappa shape index (κ1) is 17.0. The molecule has 1 atom stereocenters. The Morgan fingerprint density at radius 2 is 1.92 bits per heavy atom. The summed E-state index contributed by atoms with van der Waals surface area (Å²) >= 11 is 0. The second-order valence-electron chi connectivity index (χ2n) is 6.51. The van der Waals surface area contributed by atoms with Crippen LogP contribution in [0.4, 0.5) is 11.4 Å². The molecule has 3 N–H and O–H groups in total. The third-order valence-electron chi connectivity index (χ3n) is 4.63. The van der Waals surface area contributed by atoms with E-state index in [0.29, 0.717) is 17.7 Å². The maximum Gasteiger partial charge on any atom is 0.252 e. The van der Waals surface area contributed by atoms with Crippen LogP contribution in [0.2, 0.25) is 0 Å². The van der Waals surface area contributed by atoms with Gasteiger partial charge in [0, 0.05) is 29.9 Å². The van der Waals surface area contributed by atoms with Gasteiger partial charge in [0.05, 0.1) is 6.04 Å². The van der Waals surface area contributed by atoms with Crippen LogP contribution in [0.1, 0.15) is 47.3 Å². The molecule has 5 nitrogen and oxygen atoms in total. The van der Waals surface area contributed by atoms with Gasteiger partial charge in [0.2, 0.25) is 5.91 Å². The fraction of sp³-hybridized carbons (Fsp3) is 0.300. The Labute approximate surface area is 147 Å². The number of benzene rings is 2. The van der Waals surface area contributed by atoms with Crippen LogP contribution in [0.25, 0.3) is 0 Å². The molecule has 0 aromatic heterocycles. The SMILES string of the molecule is Cc1ccc(N)cc1C(=O)NC(C)c1ccc(N2CCCC2=O)cc1. The van der Waals surface area contributed by atoms with Gasteiger partial charge in [-0.05, 0) is 55.7 Å². The summed E-state index contributed by atoms with van der Waals surface area (Å²) in [6.45, 7) is 4.61. The van der Waals surface area contributed by atoms with Crippen molar-refractivity contribution < 1.29 is 9.59 Å². The summed E-state index contributed by atoms with van der Waals surface area (Å²) in [5, 5.41) is 3.00. The van der Waals surface area contributed by atoms with Crippen molar-refractivity contribution in [2.75, 3.05) is 17.2 Å². The van der Waals surface area contributed by atoms with Crippen molar-refractivity contribution in [3.8, 4) is 0 Å². The Morgan fingerprint density at radius 1 is 1.20 bits per heavy atom. The Hall–Kier alpha value is -2.82. The lowest BCUT2D eigenvalue weighted by Crippen LogP contribution is -2.27. The molecule has 1 unspecified atom stereocenters. The summed E-state index contributed by atoms with van der Waals surface area (Å²) in [5.74, 6) is 0.0299. The molecule has 2 amide bonds. The lowest BCUT2D eigenvalue weighted by molar-refractivity contribution is -0.117. The van der Waals surface area contributed by atoms with Crippen LogP contribution >= 0.6 is 0 Å². The minimum Gasteiger partial charge on any atom is -0.399 e. The summed E-state index contributed by atoms with van der Waals surface area (Å²) in [5.41, 5.74) is 9.74. The number of carbonyl (C=O) groups excluding carboxylic acids is 2. The lowest BCUT2D eigenvalue weighted by Gasteiger charge is -2.19. The van der Waals surface area contributed by atoms with E-state index in [4.69, 9.17) is 5.73 Å². The number of nitrogens with two attached hydrogens (primary N) is 1. The average molecular weight is 337 g/mol. The number of nitrogen functional groups attached to an aromatic ring is 1.